The maximum absolute atomic E-state index is 12.5. The Balaban J connectivity index is 1.30. The molecule has 4 rings (SSSR count). The van der Waals surface area contributed by atoms with Gasteiger partial charge in [0.1, 0.15) is 6.07 Å². The van der Waals surface area contributed by atoms with Crippen LogP contribution in [0.2, 0.25) is 0 Å². The highest BCUT2D eigenvalue weighted by Gasteiger charge is 2.27. The number of aromatic nitrogens is 3. The minimum absolute atomic E-state index is 0.159. The summed E-state index contributed by atoms with van der Waals surface area (Å²) in [5.74, 6) is 0.0754. The number of ether oxygens (including phenoxy) is 1. The summed E-state index contributed by atoms with van der Waals surface area (Å²) in [5.41, 5.74) is 1.17. The lowest BCUT2D eigenvalue weighted by Gasteiger charge is -2.34. The number of rotatable bonds is 7. The van der Waals surface area contributed by atoms with Gasteiger partial charge in [-0.05, 0) is 24.6 Å². The number of H-pyrrole nitrogens is 1. The van der Waals surface area contributed by atoms with Gasteiger partial charge in [-0.15, -0.1) is 0 Å². The number of aryl methyl sites for hydroxylation is 1. The lowest BCUT2D eigenvalue weighted by Crippen LogP contribution is -2.50. The van der Waals surface area contributed by atoms with Crippen LogP contribution in [-0.2, 0) is 16.0 Å². The SMILES string of the molecule is CCCc1cc(C(=O)OCC(=O)N2CCN(c3oc(-c4ccco4)nc3C#N)CC2)n[nH]1. The van der Waals surface area contributed by atoms with Crippen molar-refractivity contribution in [3.05, 3.63) is 41.5 Å². The van der Waals surface area contributed by atoms with Gasteiger partial charge in [0.25, 0.3) is 11.8 Å². The van der Waals surface area contributed by atoms with Gasteiger partial charge in [-0.2, -0.15) is 15.3 Å². The number of hydrogen-bond acceptors (Lipinski definition) is 9. The molecule has 11 heteroatoms. The number of carbonyl (C=O) groups excluding carboxylic acids is 2. The molecule has 0 spiro atoms. The molecule has 0 aliphatic carbocycles. The van der Waals surface area contributed by atoms with Crippen LogP contribution in [0.15, 0.2) is 33.3 Å². The highest BCUT2D eigenvalue weighted by atomic mass is 16.5. The number of anilines is 1. The van der Waals surface area contributed by atoms with Gasteiger partial charge in [0.15, 0.2) is 18.1 Å². The van der Waals surface area contributed by atoms with Crippen LogP contribution in [0.25, 0.3) is 11.7 Å². The fourth-order valence-corrected chi connectivity index (χ4v) is 3.42. The van der Waals surface area contributed by atoms with Crippen LogP contribution in [0.5, 0.6) is 0 Å². The zero-order valence-corrected chi connectivity index (χ0v) is 17.5. The number of piperazine rings is 1. The van der Waals surface area contributed by atoms with Crippen LogP contribution < -0.4 is 4.90 Å². The summed E-state index contributed by atoms with van der Waals surface area (Å²) in [6.45, 7) is 3.34. The molecule has 3 aromatic heterocycles. The van der Waals surface area contributed by atoms with Crippen LogP contribution in [0.1, 0.15) is 35.2 Å². The van der Waals surface area contributed by atoms with Crippen LogP contribution in [-0.4, -0.2) is 64.7 Å². The summed E-state index contributed by atoms with van der Waals surface area (Å²) < 4.78 is 16.1. The van der Waals surface area contributed by atoms with Crippen LogP contribution >= 0.6 is 0 Å². The molecule has 1 saturated heterocycles. The van der Waals surface area contributed by atoms with E-state index in [0.717, 1.165) is 18.5 Å². The Kier molecular flexibility index (Phi) is 6.21. The van der Waals surface area contributed by atoms with Crippen molar-refractivity contribution in [2.75, 3.05) is 37.7 Å². The molecule has 3 aromatic rings. The maximum atomic E-state index is 12.5. The van der Waals surface area contributed by atoms with Gasteiger partial charge in [0.05, 0.1) is 6.26 Å². The predicted octanol–water partition coefficient (Wildman–Crippen LogP) is 1.99. The summed E-state index contributed by atoms with van der Waals surface area (Å²) >= 11 is 0. The summed E-state index contributed by atoms with van der Waals surface area (Å²) in [5, 5.41) is 16.1. The quantitative estimate of drug-likeness (QED) is 0.548. The third-order valence-electron chi connectivity index (χ3n) is 5.05. The first-order valence-electron chi connectivity index (χ1n) is 10.3. The number of nitrogens with one attached hydrogen (secondary N) is 1. The number of aromatic amines is 1. The Morgan fingerprint density at radius 2 is 2.12 bits per heavy atom. The summed E-state index contributed by atoms with van der Waals surface area (Å²) in [4.78, 5) is 32.2. The number of nitrogens with zero attached hydrogens (tertiary/aromatic N) is 5. The van der Waals surface area contributed by atoms with Gasteiger partial charge in [-0.1, -0.05) is 13.3 Å². The molecule has 1 N–H and O–H groups in total. The molecule has 1 amide bonds. The highest BCUT2D eigenvalue weighted by Crippen LogP contribution is 2.29. The summed E-state index contributed by atoms with van der Waals surface area (Å²) in [7, 11) is 0. The monoisotopic (exact) mass is 438 g/mol. The van der Waals surface area contributed by atoms with Gasteiger partial charge >= 0.3 is 5.97 Å². The molecule has 11 nitrogen and oxygen atoms in total. The van der Waals surface area contributed by atoms with Crippen molar-refractivity contribution >= 4 is 17.8 Å². The van der Waals surface area contributed by atoms with Gasteiger partial charge in [0.2, 0.25) is 11.6 Å². The lowest BCUT2D eigenvalue weighted by atomic mass is 10.2. The molecule has 1 aliphatic heterocycles. The molecule has 166 valence electrons. The zero-order chi connectivity index (χ0) is 22.5. The standard InChI is InChI=1S/C21H22N6O5/c1-2-4-14-11-15(25-24-14)21(29)31-13-18(28)26-6-8-27(9-7-26)20-16(12-22)23-19(32-20)17-5-3-10-30-17/h3,5,10-11H,2,4,6-9,13H2,1H3,(H,24,25). The lowest BCUT2D eigenvalue weighted by molar-refractivity contribution is -0.134. The molecule has 1 fully saturated rings. The Morgan fingerprint density at radius 1 is 1.31 bits per heavy atom. The maximum Gasteiger partial charge on any atom is 0.359 e. The van der Waals surface area contributed by atoms with E-state index < -0.39 is 5.97 Å². The summed E-state index contributed by atoms with van der Waals surface area (Å²) in [6.07, 6.45) is 3.21. The first kappa shape index (κ1) is 21.2. The van der Waals surface area contributed by atoms with Crippen molar-refractivity contribution in [3.63, 3.8) is 0 Å². The molecule has 4 heterocycles. The normalized spacial score (nSPS) is 13.8. The Labute approximate surface area is 183 Å². The van der Waals surface area contributed by atoms with Crippen molar-refractivity contribution in [1.82, 2.24) is 20.1 Å². The third-order valence-corrected chi connectivity index (χ3v) is 5.05. The molecule has 1 aliphatic rings. The first-order chi connectivity index (χ1) is 15.6. The molecular formula is C21H22N6O5. The largest absolute Gasteiger partial charge is 0.459 e. The zero-order valence-electron chi connectivity index (χ0n) is 17.5. The molecule has 0 unspecified atom stereocenters. The van der Waals surface area contributed by atoms with Crippen LogP contribution in [0, 0.1) is 11.3 Å². The smallest absolute Gasteiger partial charge is 0.359 e. The summed E-state index contributed by atoms with van der Waals surface area (Å²) in [6, 6.07) is 7.07. The van der Waals surface area contributed by atoms with Crippen molar-refractivity contribution in [1.29, 1.82) is 5.26 Å². The fraction of sp³-hybridized carbons (Fsp3) is 0.381. The van der Waals surface area contributed by atoms with E-state index in [1.54, 1.807) is 23.1 Å². The van der Waals surface area contributed by atoms with Crippen LogP contribution in [0.3, 0.4) is 0 Å². The van der Waals surface area contributed by atoms with Crippen molar-refractivity contribution < 1.29 is 23.2 Å². The minimum Gasteiger partial charge on any atom is -0.459 e. The average molecular weight is 438 g/mol. The molecule has 0 aromatic carbocycles. The second kappa shape index (κ2) is 9.38. The second-order valence-corrected chi connectivity index (χ2v) is 7.23. The van der Waals surface area contributed by atoms with Crippen LogP contribution in [0.4, 0.5) is 5.88 Å². The Bertz CT molecular complexity index is 1120. The Hall–Kier alpha value is -4.07. The van der Waals surface area contributed by atoms with E-state index in [1.807, 2.05) is 17.9 Å². The highest BCUT2D eigenvalue weighted by molar-refractivity contribution is 5.89. The number of esters is 1. The van der Waals surface area contributed by atoms with E-state index in [9.17, 15) is 14.9 Å². The predicted molar refractivity (Wildman–Crippen MR) is 111 cm³/mol. The number of furan rings is 1. The molecule has 0 saturated carbocycles. The molecule has 0 atom stereocenters. The second-order valence-electron chi connectivity index (χ2n) is 7.23. The van der Waals surface area contributed by atoms with Crippen molar-refractivity contribution in [2.45, 2.75) is 19.8 Å². The average Bonchev–Trinajstić information content (AvgIpc) is 3.58. The van der Waals surface area contributed by atoms with Gasteiger partial charge < -0.3 is 23.4 Å². The van der Waals surface area contributed by atoms with Crippen molar-refractivity contribution in [3.8, 4) is 17.7 Å². The van der Waals surface area contributed by atoms with E-state index in [-0.39, 0.29) is 29.8 Å². The number of oxazole rings is 1. The molecule has 32 heavy (non-hydrogen) atoms. The van der Waals surface area contributed by atoms with E-state index >= 15 is 0 Å². The third kappa shape index (κ3) is 4.49. The van der Waals surface area contributed by atoms with E-state index in [0.29, 0.717) is 37.8 Å². The number of amides is 1. The van der Waals surface area contributed by atoms with E-state index in [1.165, 1.54) is 6.26 Å². The van der Waals surface area contributed by atoms with Gasteiger partial charge in [0, 0.05) is 31.9 Å². The van der Waals surface area contributed by atoms with Gasteiger partial charge in [-0.3, -0.25) is 9.89 Å². The topological polar surface area (TPSA) is 141 Å². The number of carbonyl (C=O) groups is 2. The molecular weight excluding hydrogens is 416 g/mol. The fourth-order valence-electron chi connectivity index (χ4n) is 3.42. The molecule has 0 radical (unpaired) electrons. The number of hydrogen-bond donors (Lipinski definition) is 1. The van der Waals surface area contributed by atoms with E-state index in [2.05, 4.69) is 15.2 Å². The van der Waals surface area contributed by atoms with Gasteiger partial charge in [-0.25, -0.2) is 4.79 Å². The first-order valence-corrected chi connectivity index (χ1v) is 10.3. The number of nitriles is 1. The minimum atomic E-state index is -0.638. The van der Waals surface area contributed by atoms with Crippen molar-refractivity contribution in [2.24, 2.45) is 0 Å². The molecule has 0 bridgehead atoms. The van der Waals surface area contributed by atoms with E-state index in [4.69, 9.17) is 13.6 Å². The Morgan fingerprint density at radius 3 is 2.81 bits per heavy atom.